The lowest BCUT2D eigenvalue weighted by molar-refractivity contribution is -0.191. The van der Waals surface area contributed by atoms with Crippen molar-refractivity contribution in [2.24, 2.45) is 0 Å². The molecule has 4 N–H and O–H groups in total. The quantitative estimate of drug-likeness (QED) is 0.737. The van der Waals surface area contributed by atoms with E-state index in [0.717, 1.165) is 48.0 Å². The van der Waals surface area contributed by atoms with Crippen LogP contribution in [0.4, 0.5) is 5.69 Å². The first-order valence-corrected chi connectivity index (χ1v) is 8.70. The molecule has 1 aliphatic carbocycles. The van der Waals surface area contributed by atoms with Gasteiger partial charge in [0.2, 0.25) is 5.91 Å². The fourth-order valence-electron chi connectivity index (χ4n) is 3.30. The largest absolute Gasteiger partial charge is 0.490 e. The second-order valence-corrected chi connectivity index (χ2v) is 6.40. The van der Waals surface area contributed by atoms with Crippen molar-refractivity contribution in [1.82, 2.24) is 10.3 Å². The molecule has 0 unspecified atom stereocenters. The van der Waals surface area contributed by atoms with E-state index in [1.165, 1.54) is 0 Å². The molecule has 3 rings (SSSR count). The third kappa shape index (κ3) is 5.51. The number of rotatable bonds is 4. The lowest BCUT2D eigenvalue weighted by Crippen LogP contribution is -2.40. The number of hydrogen-bond acceptors (Lipinski definition) is 7. The molecule has 1 saturated carbocycles. The number of benzene rings is 1. The zero-order valence-electron chi connectivity index (χ0n) is 15.1. The van der Waals surface area contributed by atoms with Gasteiger partial charge in [0, 0.05) is 17.4 Å². The predicted octanol–water partition coefficient (Wildman–Crippen LogP) is 1.34. The summed E-state index contributed by atoms with van der Waals surface area (Å²) in [5.74, 6) is 0.447. The predicted molar refractivity (Wildman–Crippen MR) is 97.8 cm³/mol. The molecule has 0 bridgehead atoms. The summed E-state index contributed by atoms with van der Waals surface area (Å²) >= 11 is 0. The summed E-state index contributed by atoms with van der Waals surface area (Å²) in [6.07, 6.45) is 3.73. The molecule has 1 aromatic heterocycles. The average molecular weight is 373 g/mol. The van der Waals surface area contributed by atoms with Crippen LogP contribution >= 0.6 is 0 Å². The molecule has 1 aromatic carbocycles. The second-order valence-electron chi connectivity index (χ2n) is 6.40. The molecular formula is C19H23N3O5. The number of aliphatic hydroxyl groups is 1. The number of aromatic nitrogens is 1. The highest BCUT2D eigenvalue weighted by molar-refractivity contribution is 5.95. The fourth-order valence-corrected chi connectivity index (χ4v) is 3.30. The molecular weight excluding hydrogens is 350 g/mol. The number of carbonyl (C=O) groups excluding carboxylic acids is 3. The highest BCUT2D eigenvalue weighted by atomic mass is 16.5. The van der Waals surface area contributed by atoms with Gasteiger partial charge < -0.3 is 20.9 Å². The summed E-state index contributed by atoms with van der Waals surface area (Å²) in [5.41, 5.74) is 8.57. The molecule has 0 radical (unpaired) electrons. The van der Waals surface area contributed by atoms with Gasteiger partial charge in [0.05, 0.1) is 17.0 Å². The first-order chi connectivity index (χ1) is 13.0. The number of ether oxygens (including phenoxy) is 1. The van der Waals surface area contributed by atoms with Gasteiger partial charge >= 0.3 is 6.15 Å². The van der Waals surface area contributed by atoms with Gasteiger partial charge in [0.1, 0.15) is 12.4 Å². The van der Waals surface area contributed by atoms with Crippen molar-refractivity contribution in [2.45, 2.75) is 44.8 Å². The van der Waals surface area contributed by atoms with Crippen LogP contribution < -0.4 is 15.8 Å². The molecule has 144 valence electrons. The van der Waals surface area contributed by atoms with E-state index in [0.29, 0.717) is 5.69 Å². The van der Waals surface area contributed by atoms with Crippen molar-refractivity contribution in [3.05, 3.63) is 30.0 Å². The monoisotopic (exact) mass is 373 g/mol. The average Bonchev–Trinajstić information content (AvgIpc) is 2.63. The molecule has 0 saturated heterocycles. The van der Waals surface area contributed by atoms with Gasteiger partial charge in [-0.1, -0.05) is 6.07 Å². The third-order valence-electron chi connectivity index (χ3n) is 4.43. The summed E-state index contributed by atoms with van der Waals surface area (Å²) in [4.78, 5) is 32.0. The second kappa shape index (κ2) is 9.66. The van der Waals surface area contributed by atoms with Crippen molar-refractivity contribution in [2.75, 3.05) is 12.3 Å². The van der Waals surface area contributed by atoms with Crippen LogP contribution in [-0.2, 0) is 14.4 Å². The number of pyridine rings is 1. The molecule has 1 fully saturated rings. The first-order valence-electron chi connectivity index (χ1n) is 8.70. The zero-order valence-corrected chi connectivity index (χ0v) is 15.1. The number of aryl methyl sites for hydroxylation is 1. The number of nitrogens with two attached hydrogens (primary N) is 1. The van der Waals surface area contributed by atoms with Gasteiger partial charge in [0.15, 0.2) is 0 Å². The van der Waals surface area contributed by atoms with Crippen LogP contribution in [0.2, 0.25) is 0 Å². The van der Waals surface area contributed by atoms with Crippen molar-refractivity contribution in [1.29, 1.82) is 0 Å². The van der Waals surface area contributed by atoms with E-state index < -0.39 is 6.61 Å². The van der Waals surface area contributed by atoms with E-state index >= 15 is 0 Å². The van der Waals surface area contributed by atoms with Crippen molar-refractivity contribution < 1.29 is 24.2 Å². The summed E-state index contributed by atoms with van der Waals surface area (Å²) in [5, 5.41) is 12.5. The minimum absolute atomic E-state index is 0.0959. The van der Waals surface area contributed by atoms with Crippen LogP contribution in [0.5, 0.6) is 5.75 Å². The molecule has 1 heterocycles. The minimum atomic E-state index is -0.460. The highest BCUT2D eigenvalue weighted by Crippen LogP contribution is 2.33. The number of nitrogen functional groups attached to an aromatic ring is 1. The number of carbonyl (C=O) groups is 1. The summed E-state index contributed by atoms with van der Waals surface area (Å²) < 4.78 is 6.19. The number of hydrogen-bond donors (Lipinski definition) is 3. The third-order valence-corrected chi connectivity index (χ3v) is 4.43. The molecule has 2 aromatic rings. The maximum atomic E-state index is 11.3. The summed E-state index contributed by atoms with van der Waals surface area (Å²) in [7, 11) is 0. The molecule has 27 heavy (non-hydrogen) atoms. The summed E-state index contributed by atoms with van der Waals surface area (Å²) in [6, 6.07) is 7.77. The van der Waals surface area contributed by atoms with Gasteiger partial charge in [-0.15, -0.1) is 0 Å². The lowest BCUT2D eigenvalue weighted by atomic mass is 9.93. The van der Waals surface area contributed by atoms with Gasteiger partial charge in [-0.05, 0) is 50.8 Å². The van der Waals surface area contributed by atoms with Crippen LogP contribution in [0.15, 0.2) is 24.3 Å². The smallest absolute Gasteiger partial charge is 0.373 e. The Kier molecular flexibility index (Phi) is 7.28. The van der Waals surface area contributed by atoms with E-state index in [1.54, 1.807) is 0 Å². The Hall–Kier alpha value is -2.96. The molecule has 0 aliphatic heterocycles. The van der Waals surface area contributed by atoms with E-state index in [4.69, 9.17) is 25.2 Å². The summed E-state index contributed by atoms with van der Waals surface area (Å²) in [6.45, 7) is 1.46. The Labute approximate surface area is 156 Å². The van der Waals surface area contributed by atoms with Crippen LogP contribution in [0.1, 0.15) is 31.4 Å². The fraction of sp³-hybridized carbons (Fsp3) is 0.421. The standard InChI is InChI=1S/C18H23N3O3.CO2/c1-11-9-14(19)18-15(20-11)3-2-4-16(18)24-13-7-5-12(6-8-13)21-17(23)10-22;2-1-3/h2-4,9,12-13,22H,5-8,10H2,1H3,(H2,19,20)(H,21,23);. The van der Waals surface area contributed by atoms with Crippen molar-refractivity contribution >= 4 is 28.6 Å². The topological polar surface area (TPSA) is 132 Å². The number of fused-ring (bicyclic) bond motifs is 1. The maximum absolute atomic E-state index is 11.3. The number of aliphatic hydroxyl groups excluding tert-OH is 1. The highest BCUT2D eigenvalue weighted by Gasteiger charge is 2.24. The Morgan fingerprint density at radius 3 is 2.63 bits per heavy atom. The normalized spacial score (nSPS) is 18.7. The van der Waals surface area contributed by atoms with Gasteiger partial charge in [-0.3, -0.25) is 9.78 Å². The van der Waals surface area contributed by atoms with E-state index in [9.17, 15) is 4.79 Å². The molecule has 8 heteroatoms. The number of nitrogens with zero attached hydrogens (tertiary/aromatic N) is 1. The molecule has 1 amide bonds. The SMILES string of the molecule is Cc1cc(N)c2c(OC3CCC(NC(=O)CO)CC3)cccc2n1.O=C=O. The molecule has 8 nitrogen and oxygen atoms in total. The number of amides is 1. The van der Waals surface area contributed by atoms with Crippen molar-refractivity contribution in [3.8, 4) is 5.75 Å². The maximum Gasteiger partial charge on any atom is 0.373 e. The molecule has 0 atom stereocenters. The molecule has 0 spiro atoms. The molecule has 1 aliphatic rings. The van der Waals surface area contributed by atoms with Crippen LogP contribution in [-0.4, -0.2) is 40.9 Å². The lowest BCUT2D eigenvalue weighted by Gasteiger charge is -2.29. The zero-order chi connectivity index (χ0) is 19.8. The van der Waals surface area contributed by atoms with E-state index in [1.807, 2.05) is 31.2 Å². The Bertz CT molecular complexity index is 825. The first kappa shape index (κ1) is 20.4. The number of anilines is 1. The Morgan fingerprint density at radius 1 is 1.33 bits per heavy atom. The van der Waals surface area contributed by atoms with Crippen LogP contribution in [0.3, 0.4) is 0 Å². The van der Waals surface area contributed by atoms with Gasteiger partial charge in [-0.2, -0.15) is 9.59 Å². The van der Waals surface area contributed by atoms with Crippen LogP contribution in [0, 0.1) is 6.92 Å². The Balaban J connectivity index is 0.000000817. The minimum Gasteiger partial charge on any atom is -0.490 e. The van der Waals surface area contributed by atoms with Crippen LogP contribution in [0.25, 0.3) is 10.9 Å². The van der Waals surface area contributed by atoms with E-state index in [-0.39, 0.29) is 24.2 Å². The Morgan fingerprint density at radius 2 is 2.00 bits per heavy atom. The van der Waals surface area contributed by atoms with Gasteiger partial charge in [0.25, 0.3) is 0 Å². The number of nitrogens with one attached hydrogen (secondary N) is 1. The van der Waals surface area contributed by atoms with E-state index in [2.05, 4.69) is 10.3 Å². The van der Waals surface area contributed by atoms with Crippen molar-refractivity contribution in [3.63, 3.8) is 0 Å². The van der Waals surface area contributed by atoms with Gasteiger partial charge in [-0.25, -0.2) is 0 Å².